The predicted octanol–water partition coefficient (Wildman–Crippen LogP) is 4.33. The summed E-state index contributed by atoms with van der Waals surface area (Å²) in [4.78, 5) is 16.7. The summed E-state index contributed by atoms with van der Waals surface area (Å²) in [6, 6.07) is 15.7. The maximum Gasteiger partial charge on any atom is 0.256 e. The zero-order valence-electron chi connectivity index (χ0n) is 17.2. The van der Waals surface area contributed by atoms with Crippen molar-refractivity contribution >= 4 is 17.7 Å². The summed E-state index contributed by atoms with van der Waals surface area (Å²) < 4.78 is 6.14. The molecule has 2 bridgehead atoms. The van der Waals surface area contributed by atoms with Crippen LogP contribution in [0.5, 0.6) is 5.75 Å². The maximum absolute atomic E-state index is 13.1. The minimum Gasteiger partial charge on any atom is -0.507 e. The lowest BCUT2D eigenvalue weighted by atomic mass is 9.77. The lowest BCUT2D eigenvalue weighted by Gasteiger charge is -2.49. The van der Waals surface area contributed by atoms with Gasteiger partial charge >= 0.3 is 0 Å². The van der Waals surface area contributed by atoms with Crippen molar-refractivity contribution in [1.82, 2.24) is 4.90 Å². The molecule has 2 aromatic rings. The number of fused-ring (bicyclic) bond motifs is 4. The highest BCUT2D eigenvalue weighted by Gasteiger charge is 2.50. The van der Waals surface area contributed by atoms with Crippen LogP contribution >= 0.6 is 0 Å². The van der Waals surface area contributed by atoms with Crippen LogP contribution in [0.15, 0.2) is 65.9 Å². The Balaban J connectivity index is 1.72. The van der Waals surface area contributed by atoms with Gasteiger partial charge in [0.05, 0.1) is 5.57 Å². The van der Waals surface area contributed by atoms with Gasteiger partial charge in [-0.2, -0.15) is 0 Å². The number of benzene rings is 2. The van der Waals surface area contributed by atoms with Crippen molar-refractivity contribution in [3.05, 3.63) is 77.1 Å². The Hall–Kier alpha value is -3.21. The van der Waals surface area contributed by atoms with Crippen molar-refractivity contribution in [3.8, 4) is 5.75 Å². The molecule has 2 heterocycles. The first-order valence-corrected chi connectivity index (χ1v) is 9.75. The quantitative estimate of drug-likeness (QED) is 0.626. The average Bonchev–Trinajstić information content (AvgIpc) is 2.71. The van der Waals surface area contributed by atoms with Gasteiger partial charge in [0.15, 0.2) is 5.72 Å². The van der Waals surface area contributed by atoms with E-state index in [0.29, 0.717) is 12.0 Å². The van der Waals surface area contributed by atoms with Crippen LogP contribution in [0.25, 0.3) is 6.08 Å². The fourth-order valence-corrected chi connectivity index (χ4v) is 4.07. The molecular formula is C24H26N2O3. The molecule has 5 nitrogen and oxygen atoms in total. The number of likely N-dealkylation sites (tertiary alicyclic amines) is 1. The van der Waals surface area contributed by atoms with Crippen molar-refractivity contribution in [1.29, 1.82) is 0 Å². The van der Waals surface area contributed by atoms with Gasteiger partial charge < -0.3 is 19.6 Å². The van der Waals surface area contributed by atoms with E-state index in [0.717, 1.165) is 22.6 Å². The summed E-state index contributed by atoms with van der Waals surface area (Å²) >= 11 is 0. The summed E-state index contributed by atoms with van der Waals surface area (Å²) in [5, 5.41) is 10.9. The molecule has 2 atom stereocenters. The highest BCUT2D eigenvalue weighted by Crippen LogP contribution is 2.50. The first-order valence-electron chi connectivity index (χ1n) is 9.75. The summed E-state index contributed by atoms with van der Waals surface area (Å²) in [6.07, 6.45) is 4.05. The van der Waals surface area contributed by atoms with Gasteiger partial charge in [0, 0.05) is 44.7 Å². The zero-order chi connectivity index (χ0) is 20.8. The second kappa shape index (κ2) is 6.99. The van der Waals surface area contributed by atoms with Crippen LogP contribution in [0.2, 0.25) is 0 Å². The van der Waals surface area contributed by atoms with Crippen molar-refractivity contribution in [3.63, 3.8) is 0 Å². The largest absolute Gasteiger partial charge is 0.507 e. The molecule has 0 spiro atoms. The average molecular weight is 390 g/mol. The Bertz CT molecular complexity index is 1010. The molecule has 29 heavy (non-hydrogen) atoms. The number of allylic oxidation sites excluding steroid dienone is 1. The van der Waals surface area contributed by atoms with Gasteiger partial charge in [0.2, 0.25) is 0 Å². The Morgan fingerprint density at radius 1 is 1.21 bits per heavy atom. The standard InChI is InChI=1S/C24H26N2O3/c1-24-15-19(18-7-5-6-8-21(18)29-24)22(23(28)26(24)4)20(27)14-11-16-9-12-17(13-10-16)25(2)3/h5-14,19,27H,15H2,1-4H3/b14-11+,22-20?. The van der Waals surface area contributed by atoms with E-state index in [2.05, 4.69) is 0 Å². The lowest BCUT2D eigenvalue weighted by Crippen LogP contribution is -2.59. The van der Waals surface area contributed by atoms with Gasteiger partial charge in [-0.15, -0.1) is 0 Å². The second-order valence-corrected chi connectivity index (χ2v) is 8.05. The molecule has 0 radical (unpaired) electrons. The Kier molecular flexibility index (Phi) is 4.61. The molecule has 1 saturated heterocycles. The minimum atomic E-state index is -0.717. The molecule has 1 amide bonds. The number of aliphatic hydroxyl groups is 1. The number of anilines is 1. The topological polar surface area (TPSA) is 53.0 Å². The summed E-state index contributed by atoms with van der Waals surface area (Å²) in [5.74, 6) is 0.360. The molecule has 2 unspecified atom stereocenters. The first kappa shape index (κ1) is 19.1. The highest BCUT2D eigenvalue weighted by atomic mass is 16.5. The second-order valence-electron chi connectivity index (χ2n) is 8.05. The number of amides is 1. The number of ether oxygens (including phenoxy) is 1. The van der Waals surface area contributed by atoms with E-state index in [4.69, 9.17) is 4.74 Å². The molecule has 2 aliphatic heterocycles. The Morgan fingerprint density at radius 2 is 1.90 bits per heavy atom. The van der Waals surface area contributed by atoms with Crippen molar-refractivity contribution in [2.45, 2.75) is 25.0 Å². The van der Waals surface area contributed by atoms with Crippen LogP contribution in [0, 0.1) is 0 Å². The molecule has 1 fully saturated rings. The van der Waals surface area contributed by atoms with E-state index in [1.807, 2.05) is 80.5 Å². The van der Waals surface area contributed by atoms with Crippen LogP contribution in [0.4, 0.5) is 5.69 Å². The molecule has 4 rings (SSSR count). The van der Waals surface area contributed by atoms with Crippen molar-refractivity contribution < 1.29 is 14.6 Å². The van der Waals surface area contributed by atoms with E-state index in [9.17, 15) is 9.90 Å². The predicted molar refractivity (Wildman–Crippen MR) is 115 cm³/mol. The molecule has 5 heteroatoms. The molecule has 2 aromatic carbocycles. The number of hydrogen-bond donors (Lipinski definition) is 1. The number of nitrogens with zero attached hydrogens (tertiary/aromatic N) is 2. The fourth-order valence-electron chi connectivity index (χ4n) is 4.07. The van der Waals surface area contributed by atoms with Crippen LogP contribution in [0.3, 0.4) is 0 Å². The van der Waals surface area contributed by atoms with Gasteiger partial charge in [-0.05, 0) is 36.8 Å². The highest BCUT2D eigenvalue weighted by molar-refractivity contribution is 5.98. The SMILES string of the molecule is CN(C)c1ccc(/C=C/C(O)=C2C(=O)N(C)C3(C)CC2c2ccccc2O3)cc1. The molecule has 0 aliphatic carbocycles. The number of hydrogen-bond acceptors (Lipinski definition) is 4. The fraction of sp³-hybridized carbons (Fsp3) is 0.292. The number of piperidine rings is 1. The van der Waals surface area contributed by atoms with Gasteiger partial charge in [0.25, 0.3) is 5.91 Å². The van der Waals surface area contributed by atoms with Crippen LogP contribution in [0.1, 0.15) is 30.4 Å². The smallest absolute Gasteiger partial charge is 0.256 e. The molecule has 1 N–H and O–H groups in total. The number of carbonyl (C=O) groups is 1. The Labute approximate surface area is 171 Å². The molecular weight excluding hydrogens is 364 g/mol. The maximum atomic E-state index is 13.1. The van der Waals surface area contributed by atoms with E-state index >= 15 is 0 Å². The van der Waals surface area contributed by atoms with Crippen molar-refractivity contribution in [2.75, 3.05) is 26.0 Å². The molecule has 0 saturated carbocycles. The van der Waals surface area contributed by atoms with Crippen LogP contribution in [-0.2, 0) is 4.79 Å². The van der Waals surface area contributed by atoms with E-state index in [1.165, 1.54) is 0 Å². The van der Waals surface area contributed by atoms with Gasteiger partial charge in [0.1, 0.15) is 11.5 Å². The van der Waals surface area contributed by atoms with Gasteiger partial charge in [-0.3, -0.25) is 4.79 Å². The number of carbonyl (C=O) groups excluding carboxylic acids is 1. The third-order valence-corrected chi connectivity index (χ3v) is 5.92. The normalized spacial score (nSPS) is 24.9. The van der Waals surface area contributed by atoms with E-state index in [-0.39, 0.29) is 17.6 Å². The van der Waals surface area contributed by atoms with Crippen LogP contribution < -0.4 is 9.64 Å². The van der Waals surface area contributed by atoms with E-state index in [1.54, 1.807) is 18.0 Å². The zero-order valence-corrected chi connectivity index (χ0v) is 17.2. The summed E-state index contributed by atoms with van der Waals surface area (Å²) in [5.41, 5.74) is 2.70. The molecule has 0 aromatic heterocycles. The lowest BCUT2D eigenvalue weighted by molar-refractivity contribution is -0.153. The van der Waals surface area contributed by atoms with Gasteiger partial charge in [-0.1, -0.05) is 36.4 Å². The third-order valence-electron chi connectivity index (χ3n) is 5.92. The monoisotopic (exact) mass is 390 g/mol. The van der Waals surface area contributed by atoms with Crippen LogP contribution in [-0.4, -0.2) is 42.8 Å². The van der Waals surface area contributed by atoms with E-state index < -0.39 is 5.72 Å². The summed E-state index contributed by atoms with van der Waals surface area (Å²) in [7, 11) is 5.71. The summed E-state index contributed by atoms with van der Waals surface area (Å²) in [6.45, 7) is 1.92. The number of para-hydroxylation sites is 1. The molecule has 2 aliphatic rings. The first-order chi connectivity index (χ1) is 13.8. The number of rotatable bonds is 3. The number of likely N-dealkylation sites (N-methyl/N-ethyl adjacent to an activating group) is 1. The van der Waals surface area contributed by atoms with Crippen molar-refractivity contribution in [2.24, 2.45) is 0 Å². The Morgan fingerprint density at radius 3 is 2.59 bits per heavy atom. The minimum absolute atomic E-state index is 0.00212. The number of aliphatic hydroxyl groups excluding tert-OH is 1. The molecule has 150 valence electrons. The van der Waals surface area contributed by atoms with Gasteiger partial charge in [-0.25, -0.2) is 0 Å². The third kappa shape index (κ3) is 3.27.